The minimum atomic E-state index is -1.12. The molecule has 0 bridgehead atoms. The lowest BCUT2D eigenvalue weighted by Gasteiger charge is -2.23. The van der Waals surface area contributed by atoms with E-state index in [0.717, 1.165) is 43.0 Å². The second-order valence-electron chi connectivity index (χ2n) is 7.38. The van der Waals surface area contributed by atoms with E-state index >= 15 is 0 Å². The Balaban J connectivity index is 2.04. The molecule has 0 saturated carbocycles. The highest BCUT2D eigenvalue weighted by Crippen LogP contribution is 2.34. The summed E-state index contributed by atoms with van der Waals surface area (Å²) in [7, 11) is 0. The highest BCUT2D eigenvalue weighted by atomic mass is 19.1. The molecular formula is C24H26FNO2. The van der Waals surface area contributed by atoms with Crippen LogP contribution in [0.2, 0.25) is 0 Å². The van der Waals surface area contributed by atoms with E-state index in [1.807, 2.05) is 12.3 Å². The van der Waals surface area contributed by atoms with Crippen LogP contribution in [-0.4, -0.2) is 17.3 Å². The Morgan fingerprint density at radius 2 is 1.96 bits per heavy atom. The van der Waals surface area contributed by atoms with Crippen molar-refractivity contribution in [3.05, 3.63) is 81.8 Å². The van der Waals surface area contributed by atoms with Gasteiger partial charge in [-0.3, -0.25) is 4.99 Å². The number of carboxylic acids is 1. The average Bonchev–Trinajstić information content (AvgIpc) is 2.63. The molecule has 1 heterocycles. The second kappa shape index (κ2) is 8.96. The largest absolute Gasteiger partial charge is 0.478 e. The number of hydrogen-bond acceptors (Lipinski definition) is 2. The first-order chi connectivity index (χ1) is 13.5. The number of halogens is 1. The van der Waals surface area contributed by atoms with Crippen molar-refractivity contribution in [1.29, 1.82) is 0 Å². The maximum absolute atomic E-state index is 14.7. The fraction of sp³-hybridized carbons (Fsp3) is 0.333. The summed E-state index contributed by atoms with van der Waals surface area (Å²) in [4.78, 5) is 15.8. The zero-order valence-electron chi connectivity index (χ0n) is 16.4. The number of rotatable bonds is 5. The first kappa shape index (κ1) is 20.0. The van der Waals surface area contributed by atoms with E-state index in [1.54, 1.807) is 6.07 Å². The molecular weight excluding hydrogens is 353 g/mol. The van der Waals surface area contributed by atoms with Gasteiger partial charge in [-0.1, -0.05) is 30.3 Å². The van der Waals surface area contributed by atoms with Crippen LogP contribution >= 0.6 is 0 Å². The van der Waals surface area contributed by atoms with E-state index < -0.39 is 11.8 Å². The van der Waals surface area contributed by atoms with Gasteiger partial charge in [-0.25, -0.2) is 9.18 Å². The van der Waals surface area contributed by atoms with Crippen LogP contribution in [0, 0.1) is 19.7 Å². The Hall–Kier alpha value is -2.75. The molecule has 1 aliphatic heterocycles. The molecule has 1 N–H and O–H groups in total. The highest BCUT2D eigenvalue weighted by Gasteiger charge is 2.22. The van der Waals surface area contributed by atoms with Crippen molar-refractivity contribution in [1.82, 2.24) is 0 Å². The third-order valence-corrected chi connectivity index (χ3v) is 5.48. The zero-order chi connectivity index (χ0) is 20.1. The van der Waals surface area contributed by atoms with Crippen LogP contribution in [0.1, 0.15) is 64.2 Å². The molecule has 1 atom stereocenters. The monoisotopic (exact) mass is 379 g/mol. The van der Waals surface area contributed by atoms with Gasteiger partial charge >= 0.3 is 5.97 Å². The molecule has 28 heavy (non-hydrogen) atoms. The van der Waals surface area contributed by atoms with Gasteiger partial charge in [-0.05, 0) is 80.3 Å². The number of carbonyl (C=O) groups is 1. The molecule has 2 aromatic carbocycles. The summed E-state index contributed by atoms with van der Waals surface area (Å²) in [6.45, 7) is 4.17. The van der Waals surface area contributed by atoms with Gasteiger partial charge in [0, 0.05) is 17.8 Å². The molecule has 4 heteroatoms. The number of allylic oxidation sites excluding steroid dienone is 2. The van der Waals surface area contributed by atoms with Crippen molar-refractivity contribution in [2.24, 2.45) is 4.99 Å². The van der Waals surface area contributed by atoms with Crippen LogP contribution in [0.4, 0.5) is 4.39 Å². The van der Waals surface area contributed by atoms with E-state index in [0.29, 0.717) is 12.0 Å². The molecule has 0 fully saturated rings. The van der Waals surface area contributed by atoms with Gasteiger partial charge in [0.15, 0.2) is 0 Å². The summed E-state index contributed by atoms with van der Waals surface area (Å²) in [6.07, 6.45) is 8.76. The first-order valence-corrected chi connectivity index (χ1v) is 9.77. The number of carboxylic acid groups (broad SMARTS) is 1. The zero-order valence-corrected chi connectivity index (χ0v) is 16.4. The molecule has 0 amide bonds. The molecule has 0 aliphatic carbocycles. The molecule has 0 radical (unpaired) electrons. The van der Waals surface area contributed by atoms with E-state index in [-0.39, 0.29) is 11.5 Å². The third kappa shape index (κ3) is 4.56. The smallest absolute Gasteiger partial charge is 0.335 e. The van der Waals surface area contributed by atoms with Crippen molar-refractivity contribution in [3.63, 3.8) is 0 Å². The van der Waals surface area contributed by atoms with Gasteiger partial charge < -0.3 is 5.11 Å². The Kier molecular flexibility index (Phi) is 6.40. The lowest BCUT2D eigenvalue weighted by Crippen LogP contribution is -2.11. The predicted octanol–water partition coefficient (Wildman–Crippen LogP) is 6.00. The molecule has 3 nitrogen and oxygen atoms in total. The Morgan fingerprint density at radius 3 is 2.71 bits per heavy atom. The van der Waals surface area contributed by atoms with Crippen LogP contribution in [-0.2, 0) is 6.42 Å². The van der Waals surface area contributed by atoms with Crippen LogP contribution in [0.3, 0.4) is 0 Å². The van der Waals surface area contributed by atoms with Crippen molar-refractivity contribution >= 4 is 12.2 Å². The van der Waals surface area contributed by atoms with E-state index in [2.05, 4.69) is 32.1 Å². The standard InChI is InChI=1S/C24H26FNO2/c1-16-8-7-9-20(17(16)2)21(23-10-5-3-4-6-13-26-23)14-18-11-12-19(24(27)28)15-22(18)25/h7-13,15,21H,3-6,14H2,1-2H3,(H,27,28)/b23-10-,26-13?. The van der Waals surface area contributed by atoms with Crippen LogP contribution in [0.15, 0.2) is 53.2 Å². The van der Waals surface area contributed by atoms with Crippen molar-refractivity contribution < 1.29 is 14.3 Å². The number of hydrogen-bond donors (Lipinski definition) is 1. The number of nitrogens with zero attached hydrogens (tertiary/aromatic N) is 1. The predicted molar refractivity (Wildman–Crippen MR) is 111 cm³/mol. The fourth-order valence-electron chi connectivity index (χ4n) is 3.68. The highest BCUT2D eigenvalue weighted by molar-refractivity contribution is 5.87. The van der Waals surface area contributed by atoms with Gasteiger partial charge in [0.25, 0.3) is 0 Å². The number of aliphatic imine (C=N–C) groups is 1. The topological polar surface area (TPSA) is 49.7 Å². The fourth-order valence-corrected chi connectivity index (χ4v) is 3.68. The van der Waals surface area contributed by atoms with Gasteiger partial charge in [0.2, 0.25) is 0 Å². The van der Waals surface area contributed by atoms with Gasteiger partial charge in [-0.2, -0.15) is 0 Å². The normalized spacial score (nSPS) is 17.3. The van der Waals surface area contributed by atoms with Gasteiger partial charge in [0.05, 0.1) is 5.56 Å². The van der Waals surface area contributed by atoms with E-state index in [4.69, 9.17) is 10.1 Å². The number of aromatic carboxylic acids is 1. The maximum atomic E-state index is 14.7. The quantitative estimate of drug-likeness (QED) is 0.693. The minimum Gasteiger partial charge on any atom is -0.478 e. The summed E-state index contributed by atoms with van der Waals surface area (Å²) in [5.74, 6) is -1.67. The summed E-state index contributed by atoms with van der Waals surface area (Å²) in [5.41, 5.74) is 4.97. The Labute approximate surface area is 165 Å². The number of benzene rings is 2. The van der Waals surface area contributed by atoms with Crippen molar-refractivity contribution in [2.75, 3.05) is 0 Å². The molecule has 3 rings (SSSR count). The summed E-state index contributed by atoms with van der Waals surface area (Å²) >= 11 is 0. The summed E-state index contributed by atoms with van der Waals surface area (Å²) in [6, 6.07) is 10.4. The summed E-state index contributed by atoms with van der Waals surface area (Å²) in [5, 5.41) is 9.09. The first-order valence-electron chi connectivity index (χ1n) is 9.77. The second-order valence-corrected chi connectivity index (χ2v) is 7.38. The van der Waals surface area contributed by atoms with Crippen LogP contribution in [0.5, 0.6) is 0 Å². The van der Waals surface area contributed by atoms with E-state index in [1.165, 1.54) is 17.2 Å². The lowest BCUT2D eigenvalue weighted by molar-refractivity contribution is 0.0696. The SMILES string of the molecule is Cc1cccc(C(Cc2ccc(C(=O)O)cc2F)/C2=C/CCCCC=N2)c1C. The van der Waals surface area contributed by atoms with E-state index in [9.17, 15) is 9.18 Å². The van der Waals surface area contributed by atoms with Gasteiger partial charge in [0.1, 0.15) is 5.82 Å². The lowest BCUT2D eigenvalue weighted by atomic mass is 9.84. The minimum absolute atomic E-state index is 0.0345. The Bertz CT molecular complexity index is 930. The molecule has 2 aromatic rings. The van der Waals surface area contributed by atoms with Crippen LogP contribution < -0.4 is 0 Å². The van der Waals surface area contributed by atoms with Crippen molar-refractivity contribution in [2.45, 2.75) is 51.9 Å². The average molecular weight is 379 g/mol. The maximum Gasteiger partial charge on any atom is 0.335 e. The third-order valence-electron chi connectivity index (χ3n) is 5.48. The molecule has 1 unspecified atom stereocenters. The summed E-state index contributed by atoms with van der Waals surface area (Å²) < 4.78 is 14.7. The molecule has 1 aliphatic rings. The Morgan fingerprint density at radius 1 is 1.18 bits per heavy atom. The van der Waals surface area contributed by atoms with Crippen molar-refractivity contribution in [3.8, 4) is 0 Å². The molecule has 0 spiro atoms. The molecule has 146 valence electrons. The van der Waals surface area contributed by atoms with Gasteiger partial charge in [-0.15, -0.1) is 0 Å². The van der Waals surface area contributed by atoms with Crippen LogP contribution in [0.25, 0.3) is 0 Å². The number of aryl methyl sites for hydroxylation is 1. The molecule has 0 saturated heterocycles. The molecule has 0 aromatic heterocycles.